The second-order valence-electron chi connectivity index (χ2n) is 4.12. The van der Waals surface area contributed by atoms with E-state index in [2.05, 4.69) is 9.97 Å². The summed E-state index contributed by atoms with van der Waals surface area (Å²) in [5.41, 5.74) is 0.913. The Morgan fingerprint density at radius 1 is 1.40 bits per heavy atom. The number of aromatic nitrogens is 2. The number of carboxylic acid groups (broad SMARTS) is 1. The fourth-order valence-electron chi connectivity index (χ4n) is 1.69. The highest BCUT2D eigenvalue weighted by atomic mass is 35.5. The molecule has 0 atom stereocenters. The number of halogens is 1. The van der Waals surface area contributed by atoms with E-state index < -0.39 is 5.97 Å². The van der Waals surface area contributed by atoms with Gasteiger partial charge in [0, 0.05) is 11.8 Å². The third kappa shape index (κ3) is 3.13. The van der Waals surface area contributed by atoms with E-state index in [1.165, 1.54) is 12.1 Å². The van der Waals surface area contributed by atoms with Gasteiger partial charge in [-0.15, -0.1) is 0 Å². The van der Waals surface area contributed by atoms with Crippen molar-refractivity contribution in [3.8, 4) is 0 Å². The Hall–Kier alpha value is -2.40. The van der Waals surface area contributed by atoms with E-state index >= 15 is 0 Å². The van der Waals surface area contributed by atoms with E-state index in [0.717, 1.165) is 0 Å². The average Bonchev–Trinajstić information content (AvgIpc) is 2.36. The Labute approximate surface area is 119 Å². The normalized spacial score (nSPS) is 10.9. The maximum Gasteiger partial charge on any atom is 0.337 e. The molecule has 0 spiro atoms. The van der Waals surface area contributed by atoms with Crippen molar-refractivity contribution in [3.05, 3.63) is 62.3 Å². The summed E-state index contributed by atoms with van der Waals surface area (Å²) >= 11 is 6.01. The molecule has 0 radical (unpaired) electrons. The summed E-state index contributed by atoms with van der Waals surface area (Å²) in [6, 6.07) is 6.09. The van der Waals surface area contributed by atoms with Crippen LogP contribution in [-0.4, -0.2) is 21.0 Å². The summed E-state index contributed by atoms with van der Waals surface area (Å²) in [6.45, 7) is 1.71. The molecule has 102 valence electrons. The van der Waals surface area contributed by atoms with Gasteiger partial charge in [0.1, 0.15) is 5.82 Å². The van der Waals surface area contributed by atoms with E-state index in [4.69, 9.17) is 16.7 Å². The topological polar surface area (TPSA) is 83.0 Å². The Balaban J connectivity index is 2.39. The van der Waals surface area contributed by atoms with Crippen LogP contribution in [0.3, 0.4) is 0 Å². The highest BCUT2D eigenvalue weighted by Gasteiger charge is 2.10. The number of carbonyl (C=O) groups is 1. The van der Waals surface area contributed by atoms with Gasteiger partial charge >= 0.3 is 5.97 Å². The fraction of sp³-hybridized carbons (Fsp3) is 0.0714. The lowest BCUT2D eigenvalue weighted by Gasteiger charge is -2.02. The van der Waals surface area contributed by atoms with Crippen molar-refractivity contribution in [3.63, 3.8) is 0 Å². The van der Waals surface area contributed by atoms with Crippen LogP contribution in [0.15, 0.2) is 29.1 Å². The van der Waals surface area contributed by atoms with Crippen molar-refractivity contribution < 1.29 is 9.90 Å². The summed E-state index contributed by atoms with van der Waals surface area (Å²) in [7, 11) is 0. The van der Waals surface area contributed by atoms with Crippen molar-refractivity contribution >= 4 is 29.7 Å². The van der Waals surface area contributed by atoms with Crippen LogP contribution in [-0.2, 0) is 0 Å². The van der Waals surface area contributed by atoms with Crippen LogP contribution in [0.1, 0.15) is 27.4 Å². The second kappa shape index (κ2) is 5.71. The van der Waals surface area contributed by atoms with E-state index in [1.807, 2.05) is 0 Å². The largest absolute Gasteiger partial charge is 0.478 e. The number of nitrogens with one attached hydrogen (secondary N) is 1. The van der Waals surface area contributed by atoms with Crippen LogP contribution >= 0.6 is 11.6 Å². The van der Waals surface area contributed by atoms with Gasteiger partial charge in [0.2, 0.25) is 0 Å². The van der Waals surface area contributed by atoms with Gasteiger partial charge in [-0.25, -0.2) is 9.78 Å². The molecule has 1 aromatic carbocycles. The van der Waals surface area contributed by atoms with Crippen LogP contribution in [0.25, 0.3) is 12.2 Å². The molecule has 0 saturated heterocycles. The number of aryl methyl sites for hydroxylation is 1. The van der Waals surface area contributed by atoms with E-state index in [-0.39, 0.29) is 16.1 Å². The molecule has 20 heavy (non-hydrogen) atoms. The molecule has 2 N–H and O–H groups in total. The number of nitrogens with zero attached hydrogens (tertiary/aromatic N) is 1. The highest BCUT2D eigenvalue weighted by Crippen LogP contribution is 2.22. The molecule has 0 amide bonds. The second-order valence-corrected chi connectivity index (χ2v) is 4.50. The zero-order valence-corrected chi connectivity index (χ0v) is 11.3. The molecule has 6 heteroatoms. The molecule has 2 aromatic rings. The van der Waals surface area contributed by atoms with Crippen molar-refractivity contribution in [2.24, 2.45) is 0 Å². The van der Waals surface area contributed by atoms with Crippen LogP contribution < -0.4 is 5.56 Å². The molecule has 1 heterocycles. The summed E-state index contributed by atoms with van der Waals surface area (Å²) < 4.78 is 0. The number of hydrogen-bond acceptors (Lipinski definition) is 3. The number of aromatic carboxylic acids is 1. The van der Waals surface area contributed by atoms with Gasteiger partial charge in [0.15, 0.2) is 0 Å². The molecule has 0 aliphatic carbocycles. The Morgan fingerprint density at radius 3 is 2.80 bits per heavy atom. The number of aromatic amines is 1. The predicted molar refractivity (Wildman–Crippen MR) is 76.9 cm³/mol. The van der Waals surface area contributed by atoms with Gasteiger partial charge in [-0.1, -0.05) is 23.7 Å². The monoisotopic (exact) mass is 290 g/mol. The SMILES string of the molecule is Cc1cc(=O)[nH]c(/C=C/c2cccc(C(=O)O)c2Cl)n1. The van der Waals surface area contributed by atoms with Crippen molar-refractivity contribution in [1.82, 2.24) is 9.97 Å². The third-order valence-electron chi connectivity index (χ3n) is 2.57. The van der Waals surface area contributed by atoms with Crippen LogP contribution in [0.5, 0.6) is 0 Å². The summed E-state index contributed by atoms with van der Waals surface area (Å²) in [6.07, 6.45) is 3.17. The lowest BCUT2D eigenvalue weighted by atomic mass is 10.1. The minimum atomic E-state index is -1.09. The molecule has 0 bridgehead atoms. The van der Waals surface area contributed by atoms with Gasteiger partial charge in [-0.3, -0.25) is 4.79 Å². The highest BCUT2D eigenvalue weighted by molar-refractivity contribution is 6.35. The Bertz CT molecular complexity index is 750. The first-order chi connectivity index (χ1) is 9.47. The lowest BCUT2D eigenvalue weighted by Crippen LogP contribution is -2.08. The van der Waals surface area contributed by atoms with Gasteiger partial charge in [-0.2, -0.15) is 0 Å². The minimum absolute atomic E-state index is 0.0273. The lowest BCUT2D eigenvalue weighted by molar-refractivity contribution is 0.0697. The predicted octanol–water partition coefficient (Wildman–Crippen LogP) is 2.60. The summed E-state index contributed by atoms with van der Waals surface area (Å²) in [5.74, 6) is -0.709. The Kier molecular flexibility index (Phi) is 4.00. The fourth-order valence-corrected chi connectivity index (χ4v) is 1.96. The molecular formula is C14H11ClN2O3. The molecule has 1 aromatic heterocycles. The third-order valence-corrected chi connectivity index (χ3v) is 2.99. The van der Waals surface area contributed by atoms with Gasteiger partial charge in [0.25, 0.3) is 5.56 Å². The number of H-pyrrole nitrogens is 1. The summed E-state index contributed by atoms with van der Waals surface area (Å²) in [4.78, 5) is 29.0. The molecule has 0 unspecified atom stereocenters. The molecule has 0 aliphatic heterocycles. The van der Waals surface area contributed by atoms with E-state index in [1.54, 1.807) is 31.2 Å². The van der Waals surface area contributed by atoms with E-state index in [9.17, 15) is 9.59 Å². The van der Waals surface area contributed by atoms with Crippen molar-refractivity contribution in [1.29, 1.82) is 0 Å². The average molecular weight is 291 g/mol. The first kappa shape index (κ1) is 14.0. The molecule has 2 rings (SSSR count). The van der Waals surface area contributed by atoms with Crippen molar-refractivity contribution in [2.45, 2.75) is 6.92 Å². The maximum atomic E-state index is 11.3. The zero-order valence-electron chi connectivity index (χ0n) is 10.6. The van der Waals surface area contributed by atoms with Crippen LogP contribution in [0, 0.1) is 6.92 Å². The van der Waals surface area contributed by atoms with E-state index in [0.29, 0.717) is 17.1 Å². The standard InChI is InChI=1S/C14H11ClN2O3/c1-8-7-12(18)17-11(16-8)6-5-9-3-2-4-10(13(9)15)14(19)20/h2-7H,1H3,(H,19,20)(H,16,17,18)/b6-5+. The molecule has 5 nitrogen and oxygen atoms in total. The molecule has 0 aliphatic rings. The number of carboxylic acids is 1. The van der Waals surface area contributed by atoms with Crippen LogP contribution in [0.4, 0.5) is 0 Å². The van der Waals surface area contributed by atoms with Gasteiger partial charge < -0.3 is 10.1 Å². The molecular weight excluding hydrogens is 280 g/mol. The first-order valence-electron chi connectivity index (χ1n) is 5.75. The van der Waals surface area contributed by atoms with Gasteiger partial charge in [-0.05, 0) is 30.7 Å². The molecule has 0 saturated carbocycles. The number of benzene rings is 1. The maximum absolute atomic E-state index is 11.3. The first-order valence-corrected chi connectivity index (χ1v) is 6.13. The smallest absolute Gasteiger partial charge is 0.337 e. The van der Waals surface area contributed by atoms with Crippen LogP contribution in [0.2, 0.25) is 5.02 Å². The van der Waals surface area contributed by atoms with Gasteiger partial charge in [0.05, 0.1) is 10.6 Å². The minimum Gasteiger partial charge on any atom is -0.478 e. The number of rotatable bonds is 3. The summed E-state index contributed by atoms with van der Waals surface area (Å²) in [5, 5.41) is 9.12. The number of hydrogen-bond donors (Lipinski definition) is 2. The zero-order chi connectivity index (χ0) is 14.7. The Morgan fingerprint density at radius 2 is 2.15 bits per heavy atom. The molecule has 0 fully saturated rings. The quantitative estimate of drug-likeness (QED) is 0.910. The van der Waals surface area contributed by atoms with Crippen molar-refractivity contribution in [2.75, 3.05) is 0 Å².